The van der Waals surface area contributed by atoms with Crippen LogP contribution in [0.2, 0.25) is 5.02 Å². The van der Waals surface area contributed by atoms with E-state index < -0.39 is 11.5 Å². The van der Waals surface area contributed by atoms with Gasteiger partial charge in [0.25, 0.3) is 0 Å². The molecule has 0 bridgehead atoms. The Kier molecular flexibility index (Phi) is 5.15. The van der Waals surface area contributed by atoms with Crippen molar-refractivity contribution in [2.45, 2.75) is 5.51 Å². The first-order valence-electron chi connectivity index (χ1n) is 4.72. The summed E-state index contributed by atoms with van der Waals surface area (Å²) in [5.41, 5.74) is 1.56. The SMILES string of the molecule is Nc1ccc(C(=O)OCCSC(F)(F)F)c(Cl)c1. The van der Waals surface area contributed by atoms with Crippen LogP contribution in [-0.4, -0.2) is 23.8 Å². The van der Waals surface area contributed by atoms with Crippen molar-refractivity contribution in [3.05, 3.63) is 28.8 Å². The number of rotatable bonds is 4. The van der Waals surface area contributed by atoms with Crippen molar-refractivity contribution in [2.75, 3.05) is 18.1 Å². The predicted molar refractivity (Wildman–Crippen MR) is 64.7 cm³/mol. The van der Waals surface area contributed by atoms with Gasteiger partial charge in [-0.15, -0.1) is 0 Å². The molecule has 8 heteroatoms. The Hall–Kier alpha value is -1.08. The van der Waals surface area contributed by atoms with Gasteiger partial charge in [-0.3, -0.25) is 0 Å². The van der Waals surface area contributed by atoms with Crippen LogP contribution in [-0.2, 0) is 4.74 Å². The highest BCUT2D eigenvalue weighted by molar-refractivity contribution is 8.00. The van der Waals surface area contributed by atoms with Crippen LogP contribution in [0.25, 0.3) is 0 Å². The number of hydrogen-bond donors (Lipinski definition) is 1. The second-order valence-corrected chi connectivity index (χ2v) is 4.74. The smallest absolute Gasteiger partial charge is 0.441 e. The number of thioether (sulfide) groups is 1. The molecule has 0 aliphatic carbocycles. The first-order valence-corrected chi connectivity index (χ1v) is 6.09. The summed E-state index contributed by atoms with van der Waals surface area (Å²) in [6.45, 7) is -0.344. The van der Waals surface area contributed by atoms with Gasteiger partial charge in [-0.2, -0.15) is 13.2 Å². The minimum atomic E-state index is -4.33. The summed E-state index contributed by atoms with van der Waals surface area (Å²) < 4.78 is 40.1. The van der Waals surface area contributed by atoms with E-state index >= 15 is 0 Å². The Bertz CT molecular complexity index is 440. The summed E-state index contributed by atoms with van der Waals surface area (Å²) in [5.74, 6) is -1.13. The van der Waals surface area contributed by atoms with Gasteiger partial charge in [0.05, 0.1) is 10.6 Å². The Balaban J connectivity index is 2.46. The number of anilines is 1. The van der Waals surface area contributed by atoms with Gasteiger partial charge < -0.3 is 10.5 Å². The fourth-order valence-electron chi connectivity index (χ4n) is 1.07. The molecule has 0 fully saturated rings. The largest absolute Gasteiger partial charge is 0.461 e. The maximum absolute atomic E-state index is 11.8. The summed E-state index contributed by atoms with van der Waals surface area (Å²) in [6.07, 6.45) is 0. The van der Waals surface area contributed by atoms with E-state index in [0.29, 0.717) is 5.69 Å². The number of nitrogens with two attached hydrogens (primary N) is 1. The topological polar surface area (TPSA) is 52.3 Å². The third kappa shape index (κ3) is 5.05. The zero-order valence-electron chi connectivity index (χ0n) is 8.96. The third-order valence-electron chi connectivity index (χ3n) is 1.80. The quantitative estimate of drug-likeness (QED) is 0.526. The summed E-state index contributed by atoms with van der Waals surface area (Å²) in [4.78, 5) is 11.5. The molecule has 2 N–H and O–H groups in total. The van der Waals surface area contributed by atoms with Gasteiger partial charge in [-0.1, -0.05) is 11.6 Å². The van der Waals surface area contributed by atoms with Gasteiger partial charge in [0.15, 0.2) is 0 Å². The Morgan fingerprint density at radius 2 is 2.11 bits per heavy atom. The predicted octanol–water partition coefficient (Wildman–Crippen LogP) is 3.33. The molecule has 18 heavy (non-hydrogen) atoms. The fourth-order valence-corrected chi connectivity index (χ4v) is 1.73. The first kappa shape index (κ1) is 15.0. The van der Waals surface area contributed by atoms with Crippen LogP contribution in [0.5, 0.6) is 0 Å². The molecule has 1 aromatic rings. The lowest BCUT2D eigenvalue weighted by molar-refractivity contribution is -0.0331. The molecule has 0 saturated heterocycles. The number of nitrogen functional groups attached to an aromatic ring is 1. The molecule has 0 amide bonds. The molecule has 1 aromatic carbocycles. The molecule has 3 nitrogen and oxygen atoms in total. The Labute approximate surface area is 110 Å². The number of alkyl halides is 3. The van der Waals surface area contributed by atoms with E-state index in [1.54, 1.807) is 0 Å². The molecule has 0 saturated carbocycles. The second-order valence-electron chi connectivity index (χ2n) is 3.17. The van der Waals surface area contributed by atoms with Crippen molar-refractivity contribution in [2.24, 2.45) is 0 Å². The van der Waals surface area contributed by atoms with Gasteiger partial charge in [0, 0.05) is 11.4 Å². The third-order valence-corrected chi connectivity index (χ3v) is 2.81. The molecule has 0 aliphatic rings. The van der Waals surface area contributed by atoms with Crippen LogP contribution in [0.3, 0.4) is 0 Å². The zero-order valence-corrected chi connectivity index (χ0v) is 10.5. The van der Waals surface area contributed by atoms with E-state index in [0.717, 1.165) is 0 Å². The monoisotopic (exact) mass is 299 g/mol. The maximum atomic E-state index is 11.8. The molecule has 0 aliphatic heterocycles. The minimum absolute atomic E-state index is 0.0721. The molecule has 100 valence electrons. The molecule has 0 unspecified atom stereocenters. The molecule has 0 heterocycles. The van der Waals surface area contributed by atoms with Crippen LogP contribution in [0.1, 0.15) is 10.4 Å². The highest BCUT2D eigenvalue weighted by Gasteiger charge is 2.27. The lowest BCUT2D eigenvalue weighted by Crippen LogP contribution is -2.11. The van der Waals surface area contributed by atoms with Gasteiger partial charge in [0.2, 0.25) is 0 Å². The maximum Gasteiger partial charge on any atom is 0.441 e. The standard InChI is InChI=1S/C10H9ClF3NO2S/c11-8-5-6(15)1-2-7(8)9(16)17-3-4-18-10(12,13)14/h1-2,5H,3-4,15H2. The fraction of sp³-hybridized carbons (Fsp3) is 0.300. The van der Waals surface area contributed by atoms with Gasteiger partial charge in [-0.25, -0.2) is 4.79 Å². The molecule has 0 spiro atoms. The van der Waals surface area contributed by atoms with E-state index in [2.05, 4.69) is 4.74 Å². The molecular weight excluding hydrogens is 291 g/mol. The normalized spacial score (nSPS) is 11.3. The molecule has 0 atom stereocenters. The number of benzene rings is 1. The summed E-state index contributed by atoms with van der Waals surface area (Å²) >= 11 is 5.49. The van der Waals surface area contributed by atoms with Crippen LogP contribution < -0.4 is 5.73 Å². The lowest BCUT2D eigenvalue weighted by atomic mass is 10.2. The van der Waals surface area contributed by atoms with Crippen LogP contribution >= 0.6 is 23.4 Å². The van der Waals surface area contributed by atoms with E-state index in [-0.39, 0.29) is 34.7 Å². The summed E-state index contributed by atoms with van der Waals surface area (Å²) in [6, 6.07) is 4.17. The Morgan fingerprint density at radius 1 is 1.44 bits per heavy atom. The molecule has 1 rings (SSSR count). The van der Waals surface area contributed by atoms with Crippen molar-refractivity contribution in [3.63, 3.8) is 0 Å². The number of halogens is 4. The highest BCUT2D eigenvalue weighted by atomic mass is 35.5. The number of carbonyl (C=O) groups is 1. The first-order chi connectivity index (χ1) is 8.29. The number of carbonyl (C=O) groups excluding carboxylic acids is 1. The molecule has 0 radical (unpaired) electrons. The van der Waals surface area contributed by atoms with E-state index in [1.165, 1.54) is 18.2 Å². The van der Waals surface area contributed by atoms with E-state index in [4.69, 9.17) is 17.3 Å². The average molecular weight is 300 g/mol. The Morgan fingerprint density at radius 3 is 2.67 bits per heavy atom. The van der Waals surface area contributed by atoms with Gasteiger partial charge in [0.1, 0.15) is 6.61 Å². The number of esters is 1. The average Bonchev–Trinajstić information content (AvgIpc) is 2.22. The van der Waals surface area contributed by atoms with Crippen molar-refractivity contribution in [1.29, 1.82) is 0 Å². The van der Waals surface area contributed by atoms with E-state index in [9.17, 15) is 18.0 Å². The minimum Gasteiger partial charge on any atom is -0.461 e. The molecule has 0 aromatic heterocycles. The van der Waals surface area contributed by atoms with E-state index in [1.807, 2.05) is 0 Å². The van der Waals surface area contributed by atoms with Crippen molar-refractivity contribution >= 4 is 35.0 Å². The molecular formula is C10H9ClF3NO2S. The zero-order chi connectivity index (χ0) is 13.8. The van der Waals surface area contributed by atoms with Crippen molar-refractivity contribution < 1.29 is 22.7 Å². The second kappa shape index (κ2) is 6.19. The van der Waals surface area contributed by atoms with Crippen LogP contribution in [0.15, 0.2) is 18.2 Å². The summed E-state index contributed by atoms with van der Waals surface area (Å²) in [7, 11) is 0. The van der Waals surface area contributed by atoms with Crippen LogP contribution in [0, 0.1) is 0 Å². The lowest BCUT2D eigenvalue weighted by Gasteiger charge is -2.08. The number of ether oxygens (including phenoxy) is 1. The van der Waals surface area contributed by atoms with Crippen molar-refractivity contribution in [3.8, 4) is 0 Å². The van der Waals surface area contributed by atoms with Crippen molar-refractivity contribution in [1.82, 2.24) is 0 Å². The van der Waals surface area contributed by atoms with Gasteiger partial charge in [-0.05, 0) is 30.0 Å². The van der Waals surface area contributed by atoms with Gasteiger partial charge >= 0.3 is 11.5 Å². The number of hydrogen-bond acceptors (Lipinski definition) is 4. The highest BCUT2D eigenvalue weighted by Crippen LogP contribution is 2.29. The summed E-state index contributed by atoms with van der Waals surface area (Å²) in [5, 5.41) is 0.100. The van der Waals surface area contributed by atoms with Crippen LogP contribution in [0.4, 0.5) is 18.9 Å².